The number of hydrogen-bond acceptors (Lipinski definition) is 5. The Kier molecular flexibility index (Phi) is 2.93. The van der Waals surface area contributed by atoms with E-state index in [1.807, 2.05) is 4.90 Å². The number of rotatable bonds is 4. The minimum atomic E-state index is -0.379. The van der Waals surface area contributed by atoms with Gasteiger partial charge < -0.3 is 16.4 Å². The van der Waals surface area contributed by atoms with Crippen molar-refractivity contribution in [2.75, 3.05) is 17.2 Å². The largest absolute Gasteiger partial charge is 0.368 e. The molecule has 7 nitrogen and oxygen atoms in total. The van der Waals surface area contributed by atoms with Crippen LogP contribution in [0.3, 0.4) is 0 Å². The highest BCUT2D eigenvalue weighted by atomic mass is 16.1. The van der Waals surface area contributed by atoms with E-state index in [0.29, 0.717) is 12.0 Å². The van der Waals surface area contributed by atoms with Crippen LogP contribution < -0.4 is 16.4 Å². The van der Waals surface area contributed by atoms with Crippen molar-refractivity contribution in [1.82, 2.24) is 15.2 Å². The normalized spacial score (nSPS) is 16.5. The molecule has 0 atom stereocenters. The summed E-state index contributed by atoms with van der Waals surface area (Å²) in [6.45, 7) is 0.141. The Balaban J connectivity index is 2.16. The monoisotopic (exact) mass is 224 g/mol. The van der Waals surface area contributed by atoms with E-state index in [0.717, 1.165) is 12.8 Å². The van der Waals surface area contributed by atoms with Gasteiger partial charge in [-0.25, -0.2) is 5.10 Å². The van der Waals surface area contributed by atoms with E-state index in [1.54, 1.807) is 0 Å². The molecule has 0 spiro atoms. The van der Waals surface area contributed by atoms with Crippen LogP contribution in [0.25, 0.3) is 0 Å². The number of carbonyl (C=O) groups excluding carboxylic acids is 1. The minimum Gasteiger partial charge on any atom is -0.368 e. The van der Waals surface area contributed by atoms with Crippen LogP contribution in [0, 0.1) is 0 Å². The summed E-state index contributed by atoms with van der Waals surface area (Å²) < 4.78 is 0. The molecule has 16 heavy (non-hydrogen) atoms. The lowest BCUT2D eigenvalue weighted by Crippen LogP contribution is -2.40. The molecule has 0 unspecified atom stereocenters. The van der Waals surface area contributed by atoms with Crippen LogP contribution in [-0.2, 0) is 4.79 Å². The van der Waals surface area contributed by atoms with Gasteiger partial charge in [0.25, 0.3) is 0 Å². The van der Waals surface area contributed by atoms with E-state index in [1.165, 1.54) is 12.8 Å². The molecule has 1 heterocycles. The molecule has 1 amide bonds. The van der Waals surface area contributed by atoms with Crippen molar-refractivity contribution in [3.8, 4) is 0 Å². The third kappa shape index (κ3) is 2.23. The zero-order chi connectivity index (χ0) is 11.5. The van der Waals surface area contributed by atoms with Crippen LogP contribution in [0.4, 0.5) is 11.9 Å². The molecule has 0 saturated heterocycles. The zero-order valence-electron chi connectivity index (χ0n) is 9.02. The number of nitrogens with one attached hydrogen (secondary N) is 1. The van der Waals surface area contributed by atoms with Gasteiger partial charge in [0.15, 0.2) is 0 Å². The van der Waals surface area contributed by atoms with Crippen LogP contribution in [-0.4, -0.2) is 33.7 Å². The second-order valence-electron chi connectivity index (χ2n) is 4.05. The number of aromatic amines is 1. The van der Waals surface area contributed by atoms with E-state index in [9.17, 15) is 4.79 Å². The van der Waals surface area contributed by atoms with Gasteiger partial charge in [-0.1, -0.05) is 12.8 Å². The Morgan fingerprint density at radius 3 is 2.69 bits per heavy atom. The molecule has 0 aromatic carbocycles. The number of nitrogen functional groups attached to an aromatic ring is 1. The molecule has 1 aliphatic carbocycles. The lowest BCUT2D eigenvalue weighted by molar-refractivity contribution is -0.116. The predicted molar refractivity (Wildman–Crippen MR) is 59.6 cm³/mol. The highest BCUT2D eigenvalue weighted by Gasteiger charge is 2.26. The van der Waals surface area contributed by atoms with Gasteiger partial charge in [-0.3, -0.25) is 4.79 Å². The van der Waals surface area contributed by atoms with E-state index < -0.39 is 0 Å². The van der Waals surface area contributed by atoms with Gasteiger partial charge in [-0.2, -0.15) is 4.98 Å². The maximum Gasteiger partial charge on any atom is 0.247 e. The van der Waals surface area contributed by atoms with E-state index >= 15 is 0 Å². The molecule has 7 heteroatoms. The maximum atomic E-state index is 11.0. The SMILES string of the molecule is NC(=O)CN(c1n[nH]c(N)n1)C1CCCC1. The summed E-state index contributed by atoms with van der Waals surface area (Å²) in [6.07, 6.45) is 4.42. The average Bonchev–Trinajstić information content (AvgIpc) is 2.84. The number of aromatic nitrogens is 3. The molecular weight excluding hydrogens is 208 g/mol. The van der Waals surface area contributed by atoms with E-state index in [2.05, 4.69) is 15.2 Å². The Morgan fingerprint density at radius 1 is 1.50 bits per heavy atom. The average molecular weight is 224 g/mol. The molecule has 1 saturated carbocycles. The third-order valence-electron chi connectivity index (χ3n) is 2.84. The van der Waals surface area contributed by atoms with Crippen molar-refractivity contribution in [1.29, 1.82) is 0 Å². The molecule has 1 fully saturated rings. The predicted octanol–water partition coefficient (Wildman–Crippen LogP) is -0.379. The molecule has 1 aromatic rings. The molecule has 1 aliphatic rings. The first-order valence-corrected chi connectivity index (χ1v) is 5.39. The number of nitrogens with zero attached hydrogens (tertiary/aromatic N) is 3. The fourth-order valence-corrected chi connectivity index (χ4v) is 2.14. The van der Waals surface area contributed by atoms with Crippen molar-refractivity contribution < 1.29 is 4.79 Å². The molecule has 2 rings (SSSR count). The topological polar surface area (TPSA) is 114 Å². The quantitative estimate of drug-likeness (QED) is 0.645. The summed E-state index contributed by atoms with van der Waals surface area (Å²) in [5.41, 5.74) is 10.7. The van der Waals surface area contributed by atoms with E-state index in [-0.39, 0.29) is 18.4 Å². The Hall–Kier alpha value is -1.79. The van der Waals surface area contributed by atoms with Crippen LogP contribution in [0.15, 0.2) is 0 Å². The van der Waals surface area contributed by atoms with Crippen LogP contribution in [0.1, 0.15) is 25.7 Å². The molecule has 0 bridgehead atoms. The highest BCUT2D eigenvalue weighted by molar-refractivity contribution is 5.79. The molecule has 88 valence electrons. The molecule has 0 aliphatic heterocycles. The first-order valence-electron chi connectivity index (χ1n) is 5.39. The Labute approximate surface area is 93.2 Å². The van der Waals surface area contributed by atoms with Crippen molar-refractivity contribution in [2.45, 2.75) is 31.7 Å². The first-order chi connectivity index (χ1) is 7.66. The van der Waals surface area contributed by atoms with Crippen LogP contribution >= 0.6 is 0 Å². The number of nitrogens with two attached hydrogens (primary N) is 2. The summed E-state index contributed by atoms with van der Waals surface area (Å²) >= 11 is 0. The number of anilines is 2. The van der Waals surface area contributed by atoms with Gasteiger partial charge in [-0.05, 0) is 12.8 Å². The number of primary amides is 1. The lowest BCUT2D eigenvalue weighted by Gasteiger charge is -2.25. The van der Waals surface area contributed by atoms with Gasteiger partial charge in [0.2, 0.25) is 17.8 Å². The third-order valence-corrected chi connectivity index (χ3v) is 2.84. The Morgan fingerprint density at radius 2 is 2.19 bits per heavy atom. The Bertz CT molecular complexity index is 370. The number of amides is 1. The maximum absolute atomic E-state index is 11.0. The second kappa shape index (κ2) is 4.38. The summed E-state index contributed by atoms with van der Waals surface area (Å²) in [5, 5.41) is 6.54. The molecule has 5 N–H and O–H groups in total. The van der Waals surface area contributed by atoms with Crippen molar-refractivity contribution in [2.24, 2.45) is 5.73 Å². The van der Waals surface area contributed by atoms with Crippen LogP contribution in [0.2, 0.25) is 0 Å². The lowest BCUT2D eigenvalue weighted by atomic mass is 10.2. The van der Waals surface area contributed by atoms with E-state index in [4.69, 9.17) is 11.5 Å². The van der Waals surface area contributed by atoms with Crippen molar-refractivity contribution >= 4 is 17.8 Å². The molecule has 1 aromatic heterocycles. The van der Waals surface area contributed by atoms with Crippen molar-refractivity contribution in [3.63, 3.8) is 0 Å². The summed E-state index contributed by atoms with van der Waals surface area (Å²) in [6, 6.07) is 0.294. The first kappa shape index (κ1) is 10.7. The van der Waals surface area contributed by atoms with Crippen molar-refractivity contribution in [3.05, 3.63) is 0 Å². The van der Waals surface area contributed by atoms with Gasteiger partial charge in [0.05, 0.1) is 6.54 Å². The fourth-order valence-electron chi connectivity index (χ4n) is 2.14. The van der Waals surface area contributed by atoms with Gasteiger partial charge in [0.1, 0.15) is 0 Å². The number of carbonyl (C=O) groups is 1. The zero-order valence-corrected chi connectivity index (χ0v) is 9.02. The second-order valence-corrected chi connectivity index (χ2v) is 4.05. The minimum absolute atomic E-state index is 0.141. The number of hydrogen-bond donors (Lipinski definition) is 3. The smallest absolute Gasteiger partial charge is 0.247 e. The number of H-pyrrole nitrogens is 1. The molecular formula is C9H16N6O. The van der Waals surface area contributed by atoms with Gasteiger partial charge >= 0.3 is 0 Å². The molecule has 0 radical (unpaired) electrons. The summed E-state index contributed by atoms with van der Waals surface area (Å²) in [4.78, 5) is 16.9. The summed E-state index contributed by atoms with van der Waals surface area (Å²) in [7, 11) is 0. The fraction of sp³-hybridized carbons (Fsp3) is 0.667. The van der Waals surface area contributed by atoms with Gasteiger partial charge in [-0.15, -0.1) is 5.10 Å². The van der Waals surface area contributed by atoms with Gasteiger partial charge in [0, 0.05) is 6.04 Å². The summed E-state index contributed by atoms with van der Waals surface area (Å²) in [5.74, 6) is 0.334. The standard InChI is InChI=1S/C9H16N6O/c10-7(16)5-15(6-3-1-2-4-6)9-12-8(11)13-14-9/h6H,1-5H2,(H2,10,16)(H3,11,12,13,14). The highest BCUT2D eigenvalue weighted by Crippen LogP contribution is 2.26. The van der Waals surface area contributed by atoms with Crippen LogP contribution in [0.5, 0.6) is 0 Å².